The Bertz CT molecular complexity index is 565. The number of benzene rings is 1. The zero-order valence-electron chi connectivity index (χ0n) is 10.2. The summed E-state index contributed by atoms with van der Waals surface area (Å²) in [7, 11) is 0. The Morgan fingerprint density at radius 2 is 2.00 bits per heavy atom. The number of hydrogen-bond acceptors (Lipinski definition) is 4. The normalized spacial score (nSPS) is 14.0. The van der Waals surface area contributed by atoms with Crippen LogP contribution >= 0.6 is 0 Å². The molecule has 3 N–H and O–H groups in total. The lowest BCUT2D eigenvalue weighted by atomic mass is 9.90. The number of aromatic nitrogens is 2. The van der Waals surface area contributed by atoms with Gasteiger partial charge in [-0.25, -0.2) is 9.97 Å². The van der Waals surface area contributed by atoms with Gasteiger partial charge in [-0.15, -0.1) is 0 Å². The lowest BCUT2D eigenvalue weighted by molar-refractivity contribution is 0.687. The molecular formula is C14H16N4. The van der Waals surface area contributed by atoms with Crippen molar-refractivity contribution < 1.29 is 0 Å². The van der Waals surface area contributed by atoms with Crippen LogP contribution in [0.4, 0.5) is 17.3 Å². The predicted molar refractivity (Wildman–Crippen MR) is 72.8 cm³/mol. The van der Waals surface area contributed by atoms with Crippen molar-refractivity contribution in [2.75, 3.05) is 11.1 Å². The molecule has 2 aromatic rings. The number of nitrogens with one attached hydrogen (secondary N) is 1. The highest BCUT2D eigenvalue weighted by molar-refractivity contribution is 5.64. The van der Waals surface area contributed by atoms with Gasteiger partial charge in [0.25, 0.3) is 0 Å². The summed E-state index contributed by atoms with van der Waals surface area (Å²) in [5, 5.41) is 3.34. The molecule has 0 spiro atoms. The maximum atomic E-state index is 5.66. The van der Waals surface area contributed by atoms with Crippen molar-refractivity contribution >= 4 is 17.3 Å². The van der Waals surface area contributed by atoms with E-state index in [0.29, 0.717) is 5.82 Å². The minimum Gasteiger partial charge on any atom is -0.384 e. The van der Waals surface area contributed by atoms with Crippen LogP contribution < -0.4 is 11.1 Å². The van der Waals surface area contributed by atoms with Crippen molar-refractivity contribution in [1.29, 1.82) is 0 Å². The number of rotatable bonds is 2. The lowest BCUT2D eigenvalue weighted by Crippen LogP contribution is -2.07. The maximum Gasteiger partial charge on any atom is 0.135 e. The second-order valence-electron chi connectivity index (χ2n) is 4.60. The van der Waals surface area contributed by atoms with Crippen molar-refractivity contribution in [2.24, 2.45) is 0 Å². The molecular weight excluding hydrogens is 224 g/mol. The van der Waals surface area contributed by atoms with Crippen molar-refractivity contribution in [2.45, 2.75) is 25.7 Å². The molecule has 0 radical (unpaired) electrons. The standard InChI is InChI=1S/C14H16N4/c15-13-8-14(17-9-16-13)18-12-7-3-5-10-4-1-2-6-11(10)12/h3,5,7-9H,1-2,4,6H2,(H3,15,16,17,18). The fourth-order valence-electron chi connectivity index (χ4n) is 2.48. The molecule has 0 saturated carbocycles. The van der Waals surface area contributed by atoms with Crippen LogP contribution in [0.15, 0.2) is 30.6 Å². The maximum absolute atomic E-state index is 5.66. The monoisotopic (exact) mass is 240 g/mol. The predicted octanol–water partition coefficient (Wildman–Crippen LogP) is 2.68. The fraction of sp³-hybridized carbons (Fsp3) is 0.286. The van der Waals surface area contributed by atoms with E-state index in [1.165, 1.54) is 36.7 Å². The summed E-state index contributed by atoms with van der Waals surface area (Å²) in [4.78, 5) is 8.08. The number of nitrogens with two attached hydrogens (primary N) is 1. The highest BCUT2D eigenvalue weighted by atomic mass is 15.0. The van der Waals surface area contributed by atoms with E-state index in [-0.39, 0.29) is 0 Å². The molecule has 1 aromatic heterocycles. The summed E-state index contributed by atoms with van der Waals surface area (Å²) in [6.07, 6.45) is 6.34. The summed E-state index contributed by atoms with van der Waals surface area (Å²) in [6.45, 7) is 0. The third-order valence-corrected chi connectivity index (χ3v) is 3.35. The minimum atomic E-state index is 0.484. The molecule has 1 aliphatic rings. The largest absolute Gasteiger partial charge is 0.384 e. The third-order valence-electron chi connectivity index (χ3n) is 3.35. The molecule has 92 valence electrons. The summed E-state index contributed by atoms with van der Waals surface area (Å²) in [5.41, 5.74) is 9.67. The number of aryl methyl sites for hydroxylation is 1. The first kappa shape index (κ1) is 11.0. The average Bonchev–Trinajstić information content (AvgIpc) is 2.39. The van der Waals surface area contributed by atoms with Crippen LogP contribution in [0.3, 0.4) is 0 Å². The summed E-state index contributed by atoms with van der Waals surface area (Å²) >= 11 is 0. The second kappa shape index (κ2) is 4.64. The average molecular weight is 240 g/mol. The van der Waals surface area contributed by atoms with Gasteiger partial charge in [-0.3, -0.25) is 0 Å². The fourth-order valence-corrected chi connectivity index (χ4v) is 2.48. The van der Waals surface area contributed by atoms with E-state index in [1.807, 2.05) is 0 Å². The zero-order chi connectivity index (χ0) is 12.4. The quantitative estimate of drug-likeness (QED) is 0.847. The van der Waals surface area contributed by atoms with Gasteiger partial charge >= 0.3 is 0 Å². The molecule has 0 saturated heterocycles. The van der Waals surface area contributed by atoms with E-state index < -0.39 is 0 Å². The van der Waals surface area contributed by atoms with Crippen LogP contribution in [-0.4, -0.2) is 9.97 Å². The van der Waals surface area contributed by atoms with Gasteiger partial charge in [0.05, 0.1) is 0 Å². The Morgan fingerprint density at radius 3 is 2.89 bits per heavy atom. The Labute approximate surface area is 106 Å². The molecule has 0 atom stereocenters. The van der Waals surface area contributed by atoms with E-state index in [2.05, 4.69) is 33.5 Å². The molecule has 0 bridgehead atoms. The van der Waals surface area contributed by atoms with Crippen molar-refractivity contribution in [3.8, 4) is 0 Å². The molecule has 1 aromatic carbocycles. The SMILES string of the molecule is Nc1cc(Nc2cccc3c2CCCC3)ncn1. The van der Waals surface area contributed by atoms with Crippen molar-refractivity contribution in [3.63, 3.8) is 0 Å². The first-order valence-electron chi connectivity index (χ1n) is 6.28. The summed E-state index contributed by atoms with van der Waals surface area (Å²) < 4.78 is 0. The van der Waals surface area contributed by atoms with E-state index >= 15 is 0 Å². The summed E-state index contributed by atoms with van der Waals surface area (Å²) in [6, 6.07) is 8.16. The molecule has 1 heterocycles. The molecule has 4 heteroatoms. The third kappa shape index (κ3) is 2.14. The van der Waals surface area contributed by atoms with Gasteiger partial charge < -0.3 is 11.1 Å². The molecule has 0 aliphatic heterocycles. The Kier molecular flexibility index (Phi) is 2.84. The number of anilines is 3. The van der Waals surface area contributed by atoms with Crippen molar-refractivity contribution in [1.82, 2.24) is 9.97 Å². The molecule has 1 aliphatic carbocycles. The second-order valence-corrected chi connectivity index (χ2v) is 4.60. The van der Waals surface area contributed by atoms with Crippen LogP contribution in [0, 0.1) is 0 Å². The Hall–Kier alpha value is -2.10. The van der Waals surface area contributed by atoms with Gasteiger partial charge in [0, 0.05) is 11.8 Å². The number of nitrogens with zero attached hydrogens (tertiary/aromatic N) is 2. The molecule has 3 rings (SSSR count). The molecule has 18 heavy (non-hydrogen) atoms. The van der Waals surface area contributed by atoms with E-state index in [9.17, 15) is 0 Å². The van der Waals surface area contributed by atoms with Gasteiger partial charge in [0.1, 0.15) is 18.0 Å². The van der Waals surface area contributed by atoms with E-state index in [0.717, 1.165) is 17.9 Å². The topological polar surface area (TPSA) is 63.8 Å². The Balaban J connectivity index is 1.93. The van der Waals surface area contributed by atoms with Crippen molar-refractivity contribution in [3.05, 3.63) is 41.7 Å². The lowest BCUT2D eigenvalue weighted by Gasteiger charge is -2.19. The van der Waals surface area contributed by atoms with Crippen LogP contribution in [0.25, 0.3) is 0 Å². The van der Waals surface area contributed by atoms with Crippen LogP contribution in [-0.2, 0) is 12.8 Å². The summed E-state index contributed by atoms with van der Waals surface area (Å²) in [5.74, 6) is 1.23. The first-order chi connectivity index (χ1) is 8.83. The zero-order valence-corrected chi connectivity index (χ0v) is 10.2. The Morgan fingerprint density at radius 1 is 1.11 bits per heavy atom. The molecule has 4 nitrogen and oxygen atoms in total. The van der Waals surface area contributed by atoms with Crippen LogP contribution in [0.2, 0.25) is 0 Å². The van der Waals surface area contributed by atoms with Gasteiger partial charge in [0.15, 0.2) is 0 Å². The first-order valence-corrected chi connectivity index (χ1v) is 6.28. The van der Waals surface area contributed by atoms with E-state index in [4.69, 9.17) is 5.73 Å². The number of nitrogen functional groups attached to an aromatic ring is 1. The van der Waals surface area contributed by atoms with Gasteiger partial charge in [0.2, 0.25) is 0 Å². The minimum absolute atomic E-state index is 0.484. The van der Waals surface area contributed by atoms with Gasteiger partial charge in [-0.2, -0.15) is 0 Å². The molecule has 0 amide bonds. The van der Waals surface area contributed by atoms with Gasteiger partial charge in [-0.1, -0.05) is 12.1 Å². The molecule has 0 fully saturated rings. The van der Waals surface area contributed by atoms with Crippen LogP contribution in [0.5, 0.6) is 0 Å². The highest BCUT2D eigenvalue weighted by Crippen LogP contribution is 2.29. The number of fused-ring (bicyclic) bond motifs is 1. The van der Waals surface area contributed by atoms with E-state index in [1.54, 1.807) is 6.07 Å². The smallest absolute Gasteiger partial charge is 0.135 e. The molecule has 0 unspecified atom stereocenters. The van der Waals surface area contributed by atoms with Gasteiger partial charge in [-0.05, 0) is 42.9 Å². The number of hydrogen-bond donors (Lipinski definition) is 2. The highest BCUT2D eigenvalue weighted by Gasteiger charge is 2.13. The van der Waals surface area contributed by atoms with Crippen LogP contribution in [0.1, 0.15) is 24.0 Å².